The van der Waals surface area contributed by atoms with Crippen molar-refractivity contribution in [3.63, 3.8) is 0 Å². The molecule has 8 nitrogen and oxygen atoms in total. The molecule has 3 aliphatic rings. The standard InChI is InChI=1S/C29H37ClF3N5O3S/c30-20-5-3-18(4-6-20)26(19-9-11-29(32,33)12-10-19)27(34)28(39)37-25-16-35-15-24(31)23(25)8-7-22-14-36-21-2-1-13-42(40,41)38(22)17-21/h3-6,15-16,19,21-22,26-27,36H,1-2,7-14,17,34H2,(H,37,39)/t21-,22?,26+,27+/m1/s1. The molecule has 1 amide bonds. The van der Waals surface area contributed by atoms with Crippen LogP contribution in [0.5, 0.6) is 0 Å². The van der Waals surface area contributed by atoms with Gasteiger partial charge in [0.1, 0.15) is 5.82 Å². The van der Waals surface area contributed by atoms with Crippen molar-refractivity contribution in [2.24, 2.45) is 11.7 Å². The number of amides is 1. The van der Waals surface area contributed by atoms with Crippen molar-refractivity contribution in [2.75, 3.05) is 24.2 Å². The number of anilines is 1. The van der Waals surface area contributed by atoms with Crippen molar-refractivity contribution in [3.05, 3.63) is 58.6 Å². The maximum absolute atomic E-state index is 15.1. The summed E-state index contributed by atoms with van der Waals surface area (Å²) in [5.41, 5.74) is 7.61. The summed E-state index contributed by atoms with van der Waals surface area (Å²) in [6, 6.07) is 5.50. The summed E-state index contributed by atoms with van der Waals surface area (Å²) in [6.07, 6.45) is 4.17. The smallest absolute Gasteiger partial charge is 0.248 e. The van der Waals surface area contributed by atoms with Crippen LogP contribution in [0.3, 0.4) is 0 Å². The number of nitrogens with one attached hydrogen (secondary N) is 2. The zero-order chi connectivity index (χ0) is 30.1. The van der Waals surface area contributed by atoms with Crippen LogP contribution in [-0.4, -0.2) is 66.5 Å². The highest BCUT2D eigenvalue weighted by molar-refractivity contribution is 7.89. The number of fused-ring (bicyclic) bond motifs is 2. The lowest BCUT2D eigenvalue weighted by molar-refractivity contribution is -0.118. The Hall–Kier alpha value is -2.25. The summed E-state index contributed by atoms with van der Waals surface area (Å²) in [7, 11) is -3.41. The molecule has 2 bridgehead atoms. The average molecular weight is 628 g/mol. The van der Waals surface area contributed by atoms with Crippen LogP contribution in [-0.2, 0) is 21.2 Å². The van der Waals surface area contributed by atoms with Gasteiger partial charge in [-0.2, -0.15) is 4.31 Å². The van der Waals surface area contributed by atoms with Crippen molar-refractivity contribution in [1.29, 1.82) is 0 Å². The molecule has 1 aromatic carbocycles. The first-order valence-electron chi connectivity index (χ1n) is 14.5. The Morgan fingerprint density at radius 2 is 1.90 bits per heavy atom. The van der Waals surface area contributed by atoms with Gasteiger partial charge in [-0.3, -0.25) is 9.78 Å². The van der Waals surface area contributed by atoms with Crippen molar-refractivity contribution in [1.82, 2.24) is 14.6 Å². The van der Waals surface area contributed by atoms with E-state index in [9.17, 15) is 22.0 Å². The molecule has 3 heterocycles. The zero-order valence-corrected chi connectivity index (χ0v) is 24.8. The van der Waals surface area contributed by atoms with Crippen LogP contribution in [0.15, 0.2) is 36.7 Å². The zero-order valence-electron chi connectivity index (χ0n) is 23.2. The fraction of sp³-hybridized carbons (Fsp3) is 0.586. The van der Waals surface area contributed by atoms with Crippen LogP contribution < -0.4 is 16.4 Å². The summed E-state index contributed by atoms with van der Waals surface area (Å²) in [5.74, 6) is -4.66. The van der Waals surface area contributed by atoms with E-state index in [0.29, 0.717) is 31.0 Å². The summed E-state index contributed by atoms with van der Waals surface area (Å²) in [5, 5.41) is 6.64. The second kappa shape index (κ2) is 12.8. The number of nitrogens with two attached hydrogens (primary N) is 1. The number of carbonyl (C=O) groups is 1. The van der Waals surface area contributed by atoms with E-state index in [2.05, 4.69) is 15.6 Å². The van der Waals surface area contributed by atoms with Gasteiger partial charge in [-0.15, -0.1) is 0 Å². The molecule has 230 valence electrons. The van der Waals surface area contributed by atoms with Crippen molar-refractivity contribution in [3.8, 4) is 0 Å². The first-order chi connectivity index (χ1) is 19.9. The van der Waals surface area contributed by atoms with E-state index < -0.39 is 39.6 Å². The van der Waals surface area contributed by atoms with Crippen LogP contribution in [0.1, 0.15) is 62.0 Å². The lowest BCUT2D eigenvalue weighted by Crippen LogP contribution is -2.57. The van der Waals surface area contributed by atoms with Crippen LogP contribution >= 0.6 is 11.6 Å². The molecule has 0 radical (unpaired) electrons. The average Bonchev–Trinajstić information content (AvgIpc) is 3.06. The number of halogens is 4. The van der Waals surface area contributed by atoms with Crippen LogP contribution in [0, 0.1) is 11.7 Å². The fourth-order valence-corrected chi connectivity index (χ4v) is 8.57. The van der Waals surface area contributed by atoms with E-state index in [4.69, 9.17) is 17.3 Å². The fourth-order valence-electron chi connectivity index (χ4n) is 6.64. The van der Waals surface area contributed by atoms with Gasteiger partial charge in [0.05, 0.1) is 29.9 Å². The third-order valence-electron chi connectivity index (χ3n) is 8.97. The number of carbonyl (C=O) groups excluding carboxylic acids is 1. The highest BCUT2D eigenvalue weighted by Gasteiger charge is 2.42. The van der Waals surface area contributed by atoms with Gasteiger partial charge in [-0.05, 0) is 62.1 Å². The third kappa shape index (κ3) is 7.10. The van der Waals surface area contributed by atoms with E-state index in [0.717, 1.165) is 18.2 Å². The van der Waals surface area contributed by atoms with Gasteiger partial charge in [0, 0.05) is 54.5 Å². The Morgan fingerprint density at radius 3 is 2.62 bits per heavy atom. The molecule has 4 N–H and O–H groups in total. The quantitative estimate of drug-likeness (QED) is 0.398. The van der Waals surface area contributed by atoms with E-state index in [1.165, 1.54) is 6.20 Å². The molecule has 3 fully saturated rings. The minimum Gasteiger partial charge on any atom is -0.323 e. The normalized spacial score (nSPS) is 27.0. The minimum absolute atomic E-state index is 0.0952. The summed E-state index contributed by atoms with van der Waals surface area (Å²) >= 11 is 6.07. The summed E-state index contributed by atoms with van der Waals surface area (Å²) < 4.78 is 70.2. The van der Waals surface area contributed by atoms with E-state index in [1.807, 2.05) is 0 Å². The number of hydrogen-bond donors (Lipinski definition) is 3. The molecule has 1 saturated carbocycles. The first-order valence-corrected chi connectivity index (χ1v) is 16.5. The minimum atomic E-state index is -3.41. The van der Waals surface area contributed by atoms with Gasteiger partial charge < -0.3 is 16.4 Å². The summed E-state index contributed by atoms with van der Waals surface area (Å²) in [4.78, 5) is 17.4. The molecule has 0 spiro atoms. The topological polar surface area (TPSA) is 117 Å². The predicted molar refractivity (Wildman–Crippen MR) is 156 cm³/mol. The molecule has 2 aromatic rings. The largest absolute Gasteiger partial charge is 0.323 e. The number of sulfonamides is 1. The Bertz CT molecular complexity index is 1370. The molecule has 2 aliphatic heterocycles. The molecule has 5 rings (SSSR count). The Labute approximate surface area is 249 Å². The number of rotatable bonds is 8. The molecular weight excluding hydrogens is 591 g/mol. The third-order valence-corrected chi connectivity index (χ3v) is 11.2. The van der Waals surface area contributed by atoms with Crippen molar-refractivity contribution >= 4 is 33.2 Å². The van der Waals surface area contributed by atoms with E-state index >= 15 is 4.39 Å². The Kier molecular flexibility index (Phi) is 9.48. The predicted octanol–water partition coefficient (Wildman–Crippen LogP) is 4.45. The molecule has 1 aliphatic carbocycles. The highest BCUT2D eigenvalue weighted by Crippen LogP contribution is 2.43. The maximum Gasteiger partial charge on any atom is 0.248 e. The second-order valence-corrected chi connectivity index (χ2v) is 14.2. The molecule has 2 unspecified atom stereocenters. The lowest BCUT2D eigenvalue weighted by atomic mass is 9.72. The van der Waals surface area contributed by atoms with Crippen LogP contribution in [0.25, 0.3) is 0 Å². The number of hydrogen-bond acceptors (Lipinski definition) is 6. The van der Waals surface area contributed by atoms with Crippen LogP contribution in [0.4, 0.5) is 18.9 Å². The maximum atomic E-state index is 15.1. The molecule has 5 atom stereocenters. The second-order valence-electron chi connectivity index (χ2n) is 11.8. The number of nitrogens with zero attached hydrogens (tertiary/aromatic N) is 2. The monoisotopic (exact) mass is 627 g/mol. The van der Waals surface area contributed by atoms with Gasteiger partial charge in [0.25, 0.3) is 0 Å². The lowest BCUT2D eigenvalue weighted by Gasteiger charge is -2.37. The number of pyridine rings is 1. The molecule has 42 heavy (non-hydrogen) atoms. The number of aromatic nitrogens is 1. The van der Waals surface area contributed by atoms with Gasteiger partial charge in [-0.1, -0.05) is 23.7 Å². The molecule has 1 aromatic heterocycles. The number of piperazine rings is 1. The van der Waals surface area contributed by atoms with E-state index in [1.54, 1.807) is 28.6 Å². The van der Waals surface area contributed by atoms with Crippen molar-refractivity contribution in [2.45, 2.75) is 81.3 Å². The Balaban J connectivity index is 1.33. The van der Waals surface area contributed by atoms with E-state index in [-0.39, 0.29) is 67.1 Å². The molecular formula is C29H37ClF3N5O3S. The molecule has 13 heteroatoms. The van der Waals surface area contributed by atoms with Gasteiger partial charge in [-0.25, -0.2) is 21.6 Å². The summed E-state index contributed by atoms with van der Waals surface area (Å²) in [6.45, 7) is 0.857. The van der Waals surface area contributed by atoms with Gasteiger partial charge in [0.15, 0.2) is 0 Å². The number of alkyl halides is 2. The van der Waals surface area contributed by atoms with Crippen LogP contribution in [0.2, 0.25) is 5.02 Å². The molecule has 2 saturated heterocycles. The van der Waals surface area contributed by atoms with Crippen molar-refractivity contribution < 1.29 is 26.4 Å². The SMILES string of the molecule is N[C@H](C(=O)Nc1cncc(F)c1CCC1CN[C@@H]2CCCS(=O)(=O)N1C2)[C@@H](c1ccc(Cl)cc1)C1CCC(F)(F)CC1. The Morgan fingerprint density at radius 1 is 1.19 bits per heavy atom. The highest BCUT2D eigenvalue weighted by atomic mass is 35.5. The van der Waals surface area contributed by atoms with Gasteiger partial charge in [0.2, 0.25) is 21.9 Å². The first kappa shape index (κ1) is 31.2. The number of benzene rings is 1. The van der Waals surface area contributed by atoms with Gasteiger partial charge >= 0.3 is 0 Å².